The van der Waals surface area contributed by atoms with Crippen molar-refractivity contribution in [1.82, 2.24) is 0 Å². The minimum atomic E-state index is -0.126. The highest BCUT2D eigenvalue weighted by Gasteiger charge is 2.23. The van der Waals surface area contributed by atoms with Crippen LogP contribution in [0, 0.1) is 6.92 Å². The van der Waals surface area contributed by atoms with Crippen LogP contribution < -0.4 is 15.4 Å². The van der Waals surface area contributed by atoms with Gasteiger partial charge in [-0.15, -0.1) is 0 Å². The number of anilines is 2. The molecule has 3 aromatic rings. The first-order valence-corrected chi connectivity index (χ1v) is 9.65. The van der Waals surface area contributed by atoms with Crippen LogP contribution >= 0.6 is 0 Å². The van der Waals surface area contributed by atoms with Gasteiger partial charge in [0.15, 0.2) is 0 Å². The average molecular weight is 398 g/mol. The Labute approximate surface area is 175 Å². The number of methoxy groups -OCH3 is 1. The first-order valence-electron chi connectivity index (χ1n) is 9.65. The molecule has 0 saturated carbocycles. The molecule has 2 amide bonds. The Hall–Kier alpha value is -3.86. The highest BCUT2D eigenvalue weighted by atomic mass is 16.5. The summed E-state index contributed by atoms with van der Waals surface area (Å²) in [4.78, 5) is 24.0. The molecule has 0 atom stereocenters. The van der Waals surface area contributed by atoms with Crippen LogP contribution in [0.15, 0.2) is 60.7 Å². The molecule has 4 rings (SSSR count). The SMILES string of the molecule is COc1cc(C)c(/C=C2/C(=O)Nc3ccccc32)cc1-c1cccc(NC(C)=O)c1. The zero-order valence-electron chi connectivity index (χ0n) is 17.1. The minimum Gasteiger partial charge on any atom is -0.496 e. The van der Waals surface area contributed by atoms with Gasteiger partial charge in [-0.05, 0) is 60.0 Å². The van der Waals surface area contributed by atoms with E-state index in [1.807, 2.05) is 73.7 Å². The largest absolute Gasteiger partial charge is 0.496 e. The molecule has 1 heterocycles. The van der Waals surface area contributed by atoms with Crippen molar-refractivity contribution < 1.29 is 14.3 Å². The van der Waals surface area contributed by atoms with Gasteiger partial charge < -0.3 is 15.4 Å². The smallest absolute Gasteiger partial charge is 0.256 e. The maximum atomic E-state index is 12.5. The molecule has 0 fully saturated rings. The lowest BCUT2D eigenvalue weighted by molar-refractivity contribution is -0.114. The quantitative estimate of drug-likeness (QED) is 0.599. The van der Waals surface area contributed by atoms with E-state index in [2.05, 4.69) is 10.6 Å². The average Bonchev–Trinajstić information content (AvgIpc) is 3.04. The van der Waals surface area contributed by atoms with Gasteiger partial charge in [0.2, 0.25) is 5.91 Å². The van der Waals surface area contributed by atoms with Crippen molar-refractivity contribution in [1.29, 1.82) is 0 Å². The third kappa shape index (κ3) is 3.70. The monoisotopic (exact) mass is 398 g/mol. The number of ether oxygens (including phenoxy) is 1. The summed E-state index contributed by atoms with van der Waals surface area (Å²) in [6.07, 6.45) is 1.91. The van der Waals surface area contributed by atoms with Crippen LogP contribution in [0.5, 0.6) is 5.75 Å². The van der Waals surface area contributed by atoms with Crippen molar-refractivity contribution in [3.8, 4) is 16.9 Å². The third-order valence-corrected chi connectivity index (χ3v) is 5.09. The Bertz CT molecular complexity index is 1190. The van der Waals surface area contributed by atoms with Crippen LogP contribution in [0.1, 0.15) is 23.6 Å². The second kappa shape index (κ2) is 7.87. The first kappa shape index (κ1) is 19.5. The Kier molecular flexibility index (Phi) is 5.11. The fourth-order valence-corrected chi connectivity index (χ4v) is 3.65. The highest BCUT2D eigenvalue weighted by molar-refractivity contribution is 6.35. The summed E-state index contributed by atoms with van der Waals surface area (Å²) in [7, 11) is 1.63. The molecule has 0 aliphatic carbocycles. The molecule has 2 N–H and O–H groups in total. The second-order valence-corrected chi connectivity index (χ2v) is 7.23. The number of amides is 2. The Morgan fingerprint density at radius 3 is 2.60 bits per heavy atom. The van der Waals surface area contributed by atoms with Crippen LogP contribution in [0.4, 0.5) is 11.4 Å². The second-order valence-electron chi connectivity index (χ2n) is 7.23. The van der Waals surface area contributed by atoms with Crippen LogP contribution in [-0.4, -0.2) is 18.9 Å². The predicted octanol–water partition coefficient (Wildman–Crippen LogP) is 5.12. The van der Waals surface area contributed by atoms with E-state index in [1.165, 1.54) is 6.92 Å². The molecule has 5 nitrogen and oxygen atoms in total. The standard InChI is InChI=1S/C25H22N2O3/c1-15-11-24(30-3)21(17-7-6-8-19(12-17)26-16(2)28)13-18(15)14-22-20-9-4-5-10-23(20)27-25(22)29/h4-14H,1-3H3,(H,26,28)(H,27,29)/b22-14+. The summed E-state index contributed by atoms with van der Waals surface area (Å²) in [5.41, 5.74) is 6.79. The Morgan fingerprint density at radius 1 is 1.03 bits per heavy atom. The summed E-state index contributed by atoms with van der Waals surface area (Å²) in [6, 6.07) is 19.2. The molecular formula is C25H22N2O3. The molecule has 0 radical (unpaired) electrons. The van der Waals surface area contributed by atoms with E-state index in [4.69, 9.17) is 4.74 Å². The number of nitrogens with one attached hydrogen (secondary N) is 2. The number of hydrogen-bond acceptors (Lipinski definition) is 3. The molecule has 0 spiro atoms. The highest BCUT2D eigenvalue weighted by Crippen LogP contribution is 2.37. The van der Waals surface area contributed by atoms with Gasteiger partial charge in [-0.2, -0.15) is 0 Å². The van der Waals surface area contributed by atoms with E-state index in [1.54, 1.807) is 7.11 Å². The lowest BCUT2D eigenvalue weighted by Gasteiger charge is -2.14. The predicted molar refractivity (Wildman–Crippen MR) is 120 cm³/mol. The van der Waals surface area contributed by atoms with E-state index >= 15 is 0 Å². The summed E-state index contributed by atoms with van der Waals surface area (Å²) in [5.74, 6) is 0.492. The number of rotatable bonds is 4. The lowest BCUT2D eigenvalue weighted by atomic mass is 9.95. The molecule has 3 aromatic carbocycles. The van der Waals surface area contributed by atoms with Crippen molar-refractivity contribution in [2.24, 2.45) is 0 Å². The summed E-state index contributed by atoms with van der Waals surface area (Å²) < 4.78 is 5.62. The van der Waals surface area contributed by atoms with Crippen molar-refractivity contribution >= 4 is 34.8 Å². The lowest BCUT2D eigenvalue weighted by Crippen LogP contribution is -2.05. The number of hydrogen-bond donors (Lipinski definition) is 2. The molecule has 0 saturated heterocycles. The van der Waals surface area contributed by atoms with Crippen molar-refractivity contribution in [3.05, 3.63) is 77.4 Å². The molecular weight excluding hydrogens is 376 g/mol. The topological polar surface area (TPSA) is 67.4 Å². The van der Waals surface area contributed by atoms with E-state index in [0.29, 0.717) is 11.3 Å². The van der Waals surface area contributed by atoms with Crippen LogP contribution in [0.3, 0.4) is 0 Å². The van der Waals surface area contributed by atoms with Gasteiger partial charge in [0, 0.05) is 35.0 Å². The molecule has 1 aliphatic heterocycles. The van der Waals surface area contributed by atoms with Gasteiger partial charge in [0.05, 0.1) is 7.11 Å². The van der Waals surface area contributed by atoms with Gasteiger partial charge in [-0.1, -0.05) is 30.3 Å². The molecule has 5 heteroatoms. The normalized spacial score (nSPS) is 13.7. The van der Waals surface area contributed by atoms with Crippen molar-refractivity contribution in [3.63, 3.8) is 0 Å². The van der Waals surface area contributed by atoms with E-state index in [-0.39, 0.29) is 11.8 Å². The van der Waals surface area contributed by atoms with E-state index < -0.39 is 0 Å². The minimum absolute atomic E-state index is 0.111. The Morgan fingerprint density at radius 2 is 1.83 bits per heavy atom. The fraction of sp³-hybridized carbons (Fsp3) is 0.120. The van der Waals surface area contributed by atoms with Crippen LogP contribution in [0.25, 0.3) is 22.8 Å². The number of carbonyl (C=O) groups excluding carboxylic acids is 2. The summed E-state index contributed by atoms with van der Waals surface area (Å²) in [5, 5.41) is 5.72. The van der Waals surface area contributed by atoms with Gasteiger partial charge in [0.1, 0.15) is 5.75 Å². The van der Waals surface area contributed by atoms with E-state index in [0.717, 1.165) is 39.3 Å². The molecule has 0 unspecified atom stereocenters. The molecule has 150 valence electrons. The van der Waals surface area contributed by atoms with Crippen LogP contribution in [0.2, 0.25) is 0 Å². The van der Waals surface area contributed by atoms with Gasteiger partial charge in [-0.3, -0.25) is 9.59 Å². The molecule has 1 aliphatic rings. The zero-order valence-corrected chi connectivity index (χ0v) is 17.1. The van der Waals surface area contributed by atoms with Crippen molar-refractivity contribution in [2.45, 2.75) is 13.8 Å². The summed E-state index contributed by atoms with van der Waals surface area (Å²) in [6.45, 7) is 3.47. The summed E-state index contributed by atoms with van der Waals surface area (Å²) >= 11 is 0. The van der Waals surface area contributed by atoms with Crippen molar-refractivity contribution in [2.75, 3.05) is 17.7 Å². The maximum Gasteiger partial charge on any atom is 0.256 e. The maximum absolute atomic E-state index is 12.5. The number of carbonyl (C=O) groups is 2. The van der Waals surface area contributed by atoms with E-state index in [9.17, 15) is 9.59 Å². The fourth-order valence-electron chi connectivity index (χ4n) is 3.65. The third-order valence-electron chi connectivity index (χ3n) is 5.09. The number of benzene rings is 3. The Balaban J connectivity index is 1.83. The van der Waals surface area contributed by atoms with Crippen LogP contribution in [-0.2, 0) is 9.59 Å². The number of para-hydroxylation sites is 1. The first-order chi connectivity index (χ1) is 14.5. The van der Waals surface area contributed by atoms with Gasteiger partial charge in [0.25, 0.3) is 5.91 Å². The molecule has 30 heavy (non-hydrogen) atoms. The number of fused-ring (bicyclic) bond motifs is 1. The zero-order chi connectivity index (χ0) is 21.3. The van der Waals surface area contributed by atoms with Gasteiger partial charge >= 0.3 is 0 Å². The number of aryl methyl sites for hydroxylation is 1. The van der Waals surface area contributed by atoms with Gasteiger partial charge in [-0.25, -0.2) is 0 Å². The molecule has 0 aromatic heterocycles. The molecule has 0 bridgehead atoms.